The van der Waals surface area contributed by atoms with Gasteiger partial charge in [0.2, 0.25) is 0 Å². The maximum absolute atomic E-state index is 13.4. The Labute approximate surface area is 119 Å². The fourth-order valence-corrected chi connectivity index (χ4v) is 1.61. The summed E-state index contributed by atoms with van der Waals surface area (Å²) in [6.07, 6.45) is -3.31. The number of aliphatic carboxylic acids is 1. The molecule has 0 spiro atoms. The van der Waals surface area contributed by atoms with Gasteiger partial charge in [0.15, 0.2) is 0 Å². The van der Waals surface area contributed by atoms with E-state index in [0.717, 1.165) is 6.92 Å². The molecule has 10 heteroatoms. The van der Waals surface area contributed by atoms with Crippen molar-refractivity contribution in [2.45, 2.75) is 44.0 Å². The van der Waals surface area contributed by atoms with Gasteiger partial charge in [-0.3, -0.25) is 9.59 Å². The first kappa shape index (κ1) is 17.2. The Morgan fingerprint density at radius 2 is 2.19 bits per heavy atom. The van der Waals surface area contributed by atoms with Crippen molar-refractivity contribution in [2.75, 3.05) is 6.54 Å². The molecule has 118 valence electrons. The summed E-state index contributed by atoms with van der Waals surface area (Å²) in [4.78, 5) is 25.7. The third-order valence-electron chi connectivity index (χ3n) is 2.91. The van der Waals surface area contributed by atoms with Crippen LogP contribution in [0.5, 0.6) is 0 Å². The normalized spacial score (nSPS) is 23.9. The fraction of sp³-hybridized carbons (Fsp3) is 0.727. The summed E-state index contributed by atoms with van der Waals surface area (Å²) in [7, 11) is 0. The highest BCUT2D eigenvalue weighted by Gasteiger charge is 2.43. The van der Waals surface area contributed by atoms with Gasteiger partial charge in [0.25, 0.3) is 0 Å². The quantitative estimate of drug-likeness (QED) is 0.480. The zero-order valence-electron chi connectivity index (χ0n) is 11.2. The van der Waals surface area contributed by atoms with E-state index in [0.29, 0.717) is 12.8 Å². The second kappa shape index (κ2) is 7.26. The van der Waals surface area contributed by atoms with Gasteiger partial charge in [0.1, 0.15) is 6.04 Å². The molecule has 0 aromatic carbocycles. The average Bonchev–Trinajstić information content (AvgIpc) is 2.45. The van der Waals surface area contributed by atoms with Crippen molar-refractivity contribution in [3.05, 3.63) is 0 Å². The Bertz CT molecular complexity index is 432. The van der Waals surface area contributed by atoms with E-state index >= 15 is 0 Å². The first-order chi connectivity index (χ1) is 9.76. The molecule has 1 saturated heterocycles. The van der Waals surface area contributed by atoms with Crippen LogP contribution < -0.4 is 16.1 Å². The van der Waals surface area contributed by atoms with E-state index in [4.69, 9.17) is 10.4 Å². The van der Waals surface area contributed by atoms with Gasteiger partial charge < -0.3 is 15.7 Å². The van der Waals surface area contributed by atoms with E-state index in [1.165, 1.54) is 0 Å². The molecule has 0 radical (unpaired) electrons. The summed E-state index contributed by atoms with van der Waals surface area (Å²) >= 11 is 0. The first-order valence-electron chi connectivity index (χ1n) is 6.24. The Morgan fingerprint density at radius 3 is 2.67 bits per heavy atom. The third-order valence-corrected chi connectivity index (χ3v) is 2.91. The molecule has 1 aliphatic rings. The zero-order valence-corrected chi connectivity index (χ0v) is 11.2. The number of carbonyl (C=O) groups excluding carboxylic acids is 1. The molecular formula is C11H16F2N4O4. The van der Waals surface area contributed by atoms with E-state index in [1.807, 2.05) is 6.07 Å². The SMILES string of the molecule is CC(NC(=O)C(F)(F)ONC1CC[C@@H](C#N)NC1)C(=O)O. The van der Waals surface area contributed by atoms with Gasteiger partial charge in [-0.05, 0) is 19.8 Å². The van der Waals surface area contributed by atoms with Crippen LogP contribution in [-0.2, 0) is 14.4 Å². The second-order valence-electron chi connectivity index (χ2n) is 4.63. The van der Waals surface area contributed by atoms with Crippen LogP contribution in [-0.4, -0.2) is 47.8 Å². The number of nitrogens with zero attached hydrogens (tertiary/aromatic N) is 1. The summed E-state index contributed by atoms with van der Waals surface area (Å²) in [5, 5.41) is 21.6. The van der Waals surface area contributed by atoms with Gasteiger partial charge in [0, 0.05) is 12.6 Å². The second-order valence-corrected chi connectivity index (χ2v) is 4.63. The molecule has 3 atom stereocenters. The monoisotopic (exact) mass is 306 g/mol. The van der Waals surface area contributed by atoms with Crippen LogP contribution in [0.15, 0.2) is 0 Å². The van der Waals surface area contributed by atoms with Crippen molar-refractivity contribution in [2.24, 2.45) is 0 Å². The molecule has 0 bridgehead atoms. The van der Waals surface area contributed by atoms with E-state index < -0.39 is 30.1 Å². The number of carboxylic acids is 1. The minimum absolute atomic E-state index is 0.238. The van der Waals surface area contributed by atoms with Crippen molar-refractivity contribution < 1.29 is 28.3 Å². The van der Waals surface area contributed by atoms with Gasteiger partial charge in [-0.1, -0.05) is 0 Å². The lowest BCUT2D eigenvalue weighted by molar-refractivity contribution is -0.263. The van der Waals surface area contributed by atoms with Crippen LogP contribution in [0, 0.1) is 11.3 Å². The highest BCUT2D eigenvalue weighted by molar-refractivity contribution is 5.86. The maximum atomic E-state index is 13.4. The number of hydroxylamine groups is 1. The highest BCUT2D eigenvalue weighted by Crippen LogP contribution is 2.16. The topological polar surface area (TPSA) is 123 Å². The fourth-order valence-electron chi connectivity index (χ4n) is 1.61. The lowest BCUT2D eigenvalue weighted by Gasteiger charge is -2.28. The van der Waals surface area contributed by atoms with Gasteiger partial charge in [-0.2, -0.15) is 19.5 Å². The number of carboxylic acid groups (broad SMARTS) is 1. The minimum atomic E-state index is -4.20. The van der Waals surface area contributed by atoms with Crippen LogP contribution in [0.2, 0.25) is 0 Å². The summed E-state index contributed by atoms with van der Waals surface area (Å²) in [6, 6.07) is -0.271. The molecule has 2 unspecified atom stereocenters. The van der Waals surface area contributed by atoms with Crippen molar-refractivity contribution in [1.29, 1.82) is 5.26 Å². The number of alkyl halides is 2. The van der Waals surface area contributed by atoms with Gasteiger partial charge in [-0.15, -0.1) is 0 Å². The van der Waals surface area contributed by atoms with Crippen molar-refractivity contribution in [1.82, 2.24) is 16.1 Å². The Balaban J connectivity index is 2.40. The van der Waals surface area contributed by atoms with E-state index in [2.05, 4.69) is 15.6 Å². The number of amides is 1. The third kappa shape index (κ3) is 5.22. The molecule has 8 nitrogen and oxygen atoms in total. The molecule has 4 N–H and O–H groups in total. The van der Waals surface area contributed by atoms with Gasteiger partial charge in [-0.25, -0.2) is 4.84 Å². The predicted molar refractivity (Wildman–Crippen MR) is 64.8 cm³/mol. The Hall–Kier alpha value is -1.83. The minimum Gasteiger partial charge on any atom is -0.480 e. The molecule has 0 aromatic heterocycles. The van der Waals surface area contributed by atoms with Crippen LogP contribution in [0.1, 0.15) is 19.8 Å². The van der Waals surface area contributed by atoms with E-state index in [1.54, 1.807) is 5.32 Å². The number of rotatable bonds is 6. The molecule has 0 aliphatic carbocycles. The summed E-state index contributed by atoms with van der Waals surface area (Å²) < 4.78 is 26.8. The lowest BCUT2D eigenvalue weighted by atomic mass is 10.0. The number of nitriles is 1. The van der Waals surface area contributed by atoms with Gasteiger partial charge >= 0.3 is 18.0 Å². The number of hydrogen-bond donors (Lipinski definition) is 4. The maximum Gasteiger partial charge on any atom is 0.452 e. The molecule has 1 amide bonds. The molecule has 1 rings (SSSR count). The number of carbonyl (C=O) groups is 2. The standard InChI is InChI=1S/C11H16F2N4O4/c1-6(9(18)19)16-10(20)11(12,13)21-17-8-3-2-7(4-14)15-5-8/h6-8,15,17H,2-3,5H2,1H3,(H,16,20)(H,18,19)/t6?,7-,8?/m0/s1. The Morgan fingerprint density at radius 1 is 1.52 bits per heavy atom. The molecular weight excluding hydrogens is 290 g/mol. The van der Waals surface area contributed by atoms with Crippen molar-refractivity contribution in [3.63, 3.8) is 0 Å². The zero-order chi connectivity index (χ0) is 16.0. The van der Waals surface area contributed by atoms with E-state index in [9.17, 15) is 18.4 Å². The van der Waals surface area contributed by atoms with Crippen molar-refractivity contribution in [3.8, 4) is 6.07 Å². The summed E-state index contributed by atoms with van der Waals surface area (Å²) in [6.45, 7) is 1.29. The van der Waals surface area contributed by atoms with Crippen LogP contribution >= 0.6 is 0 Å². The molecule has 1 heterocycles. The van der Waals surface area contributed by atoms with Crippen LogP contribution in [0.3, 0.4) is 0 Å². The number of hydrogen-bond acceptors (Lipinski definition) is 6. The van der Waals surface area contributed by atoms with E-state index in [-0.39, 0.29) is 12.6 Å². The van der Waals surface area contributed by atoms with Crippen LogP contribution in [0.4, 0.5) is 8.78 Å². The lowest BCUT2D eigenvalue weighted by Crippen LogP contribution is -2.53. The molecule has 21 heavy (non-hydrogen) atoms. The number of nitrogens with one attached hydrogen (secondary N) is 3. The van der Waals surface area contributed by atoms with Gasteiger partial charge in [0.05, 0.1) is 12.1 Å². The summed E-state index contributed by atoms with van der Waals surface area (Å²) in [5.74, 6) is -3.28. The van der Waals surface area contributed by atoms with Crippen molar-refractivity contribution >= 4 is 11.9 Å². The molecule has 1 aliphatic heterocycles. The smallest absolute Gasteiger partial charge is 0.452 e. The predicted octanol–water partition coefficient (Wildman–Crippen LogP) is -0.666. The molecule has 1 fully saturated rings. The average molecular weight is 306 g/mol. The Kier molecular flexibility index (Phi) is 5.95. The molecule has 0 aromatic rings. The number of piperidine rings is 1. The summed E-state index contributed by atoms with van der Waals surface area (Å²) in [5.41, 5.74) is 2.06. The number of halogens is 2. The molecule has 0 saturated carbocycles. The first-order valence-corrected chi connectivity index (χ1v) is 6.24. The highest BCUT2D eigenvalue weighted by atomic mass is 19.3. The van der Waals surface area contributed by atoms with Crippen LogP contribution in [0.25, 0.3) is 0 Å². The largest absolute Gasteiger partial charge is 0.480 e.